The topological polar surface area (TPSA) is 56.6 Å². The van der Waals surface area contributed by atoms with Gasteiger partial charge in [0.1, 0.15) is 13.2 Å². The number of anilines is 1. The highest BCUT2D eigenvalue weighted by Crippen LogP contribution is 2.34. The van der Waals surface area contributed by atoms with Gasteiger partial charge in [-0.3, -0.25) is 9.48 Å². The van der Waals surface area contributed by atoms with Gasteiger partial charge in [0.15, 0.2) is 11.5 Å². The van der Waals surface area contributed by atoms with Gasteiger partial charge in [0, 0.05) is 43.7 Å². The smallest absolute Gasteiger partial charge is 0.227 e. The largest absolute Gasteiger partial charge is 0.486 e. The van der Waals surface area contributed by atoms with Crippen LogP contribution in [0.4, 0.5) is 5.69 Å². The van der Waals surface area contributed by atoms with Gasteiger partial charge in [-0.05, 0) is 30.2 Å². The van der Waals surface area contributed by atoms with Crippen LogP contribution in [0.3, 0.4) is 0 Å². The molecule has 2 aromatic carbocycles. The van der Waals surface area contributed by atoms with Crippen LogP contribution >= 0.6 is 0 Å². The minimum absolute atomic E-state index is 0.0662. The molecule has 0 saturated carbocycles. The molecular formula is C24H25N3O3. The number of amides is 1. The average Bonchev–Trinajstić information content (AvgIpc) is 3.30. The molecule has 154 valence electrons. The van der Waals surface area contributed by atoms with Crippen molar-refractivity contribution in [2.24, 2.45) is 0 Å². The predicted octanol–water partition coefficient (Wildman–Crippen LogP) is 4.18. The quantitative estimate of drug-likeness (QED) is 0.566. The molecule has 30 heavy (non-hydrogen) atoms. The fraction of sp³-hybridized carbons (Fsp3) is 0.250. The summed E-state index contributed by atoms with van der Waals surface area (Å²) in [6, 6.07) is 17.6. The molecule has 1 aliphatic rings. The number of aryl methyl sites for hydroxylation is 1. The summed E-state index contributed by atoms with van der Waals surface area (Å²) in [4.78, 5) is 14.9. The van der Waals surface area contributed by atoms with E-state index in [9.17, 15) is 4.79 Å². The van der Waals surface area contributed by atoms with Crippen molar-refractivity contribution in [2.45, 2.75) is 19.4 Å². The maximum absolute atomic E-state index is 13.1. The number of ether oxygens (including phenoxy) is 2. The number of hydrogen-bond acceptors (Lipinski definition) is 4. The molecule has 1 amide bonds. The van der Waals surface area contributed by atoms with E-state index in [2.05, 4.69) is 5.10 Å². The molecule has 0 unspecified atom stereocenters. The van der Waals surface area contributed by atoms with Crippen molar-refractivity contribution in [3.05, 3.63) is 78.6 Å². The van der Waals surface area contributed by atoms with Crippen LogP contribution in [0.25, 0.3) is 6.08 Å². The Morgan fingerprint density at radius 3 is 2.70 bits per heavy atom. The Hall–Kier alpha value is -3.54. The summed E-state index contributed by atoms with van der Waals surface area (Å²) in [5, 5.41) is 4.20. The third-order valence-corrected chi connectivity index (χ3v) is 4.87. The summed E-state index contributed by atoms with van der Waals surface area (Å²) in [6.45, 7) is 2.26. The first kappa shape index (κ1) is 19.8. The van der Waals surface area contributed by atoms with Crippen LogP contribution < -0.4 is 14.4 Å². The normalized spacial score (nSPS) is 12.8. The molecule has 6 heteroatoms. The highest BCUT2D eigenvalue weighted by Gasteiger charge is 2.18. The van der Waals surface area contributed by atoms with Gasteiger partial charge < -0.3 is 14.4 Å². The molecule has 0 N–H and O–H groups in total. The highest BCUT2D eigenvalue weighted by molar-refractivity contribution is 5.94. The van der Waals surface area contributed by atoms with E-state index in [4.69, 9.17) is 9.47 Å². The molecule has 2 heterocycles. The van der Waals surface area contributed by atoms with E-state index in [1.165, 1.54) is 0 Å². The molecule has 4 rings (SSSR count). The van der Waals surface area contributed by atoms with Crippen molar-refractivity contribution in [3.8, 4) is 11.5 Å². The SMILES string of the molecule is O=C(CCCn1cccn1)N(C/C=C\c1ccccc1)c1ccc2c(c1)OCCO2. The predicted molar refractivity (Wildman–Crippen MR) is 117 cm³/mol. The molecule has 3 aromatic rings. The number of carbonyl (C=O) groups is 1. The number of aromatic nitrogens is 2. The number of carbonyl (C=O) groups excluding carboxylic acids is 1. The molecule has 6 nitrogen and oxygen atoms in total. The molecular weight excluding hydrogens is 378 g/mol. The summed E-state index contributed by atoms with van der Waals surface area (Å²) in [6.07, 6.45) is 8.86. The molecule has 0 saturated heterocycles. The number of fused-ring (bicyclic) bond motifs is 1. The number of nitrogens with zero attached hydrogens (tertiary/aromatic N) is 3. The van der Waals surface area contributed by atoms with Gasteiger partial charge in [0.2, 0.25) is 5.91 Å². The van der Waals surface area contributed by atoms with Gasteiger partial charge in [-0.1, -0.05) is 42.5 Å². The van der Waals surface area contributed by atoms with Crippen LogP contribution in [0.15, 0.2) is 73.1 Å². The van der Waals surface area contributed by atoms with Crippen LogP contribution in [0, 0.1) is 0 Å². The minimum atomic E-state index is 0.0662. The summed E-state index contributed by atoms with van der Waals surface area (Å²) in [5.41, 5.74) is 1.91. The molecule has 0 bridgehead atoms. The number of rotatable bonds is 8. The molecule has 0 aliphatic carbocycles. The maximum Gasteiger partial charge on any atom is 0.227 e. The number of benzene rings is 2. The summed E-state index contributed by atoms with van der Waals surface area (Å²) < 4.78 is 13.2. The first-order valence-corrected chi connectivity index (χ1v) is 10.2. The molecule has 1 aliphatic heterocycles. The van der Waals surface area contributed by atoms with Gasteiger partial charge in [0.25, 0.3) is 0 Å². The van der Waals surface area contributed by atoms with Crippen molar-refractivity contribution in [2.75, 3.05) is 24.7 Å². The van der Waals surface area contributed by atoms with E-state index in [1.807, 2.05) is 77.6 Å². The lowest BCUT2D eigenvalue weighted by atomic mass is 10.2. The van der Waals surface area contributed by atoms with Crippen LogP contribution in [-0.4, -0.2) is 35.4 Å². The van der Waals surface area contributed by atoms with Gasteiger partial charge in [-0.25, -0.2) is 0 Å². The van der Waals surface area contributed by atoms with Gasteiger partial charge >= 0.3 is 0 Å². The standard InChI is InChI=1S/C24H25N3O3/c28-24(10-5-14-26-15-6-13-25-26)27(16-4-9-20-7-2-1-3-8-20)21-11-12-22-23(19-21)30-18-17-29-22/h1-4,6-9,11-13,15,19H,5,10,14,16-18H2/b9-4-. The summed E-state index contributed by atoms with van der Waals surface area (Å²) in [7, 11) is 0. The van der Waals surface area contributed by atoms with E-state index in [0.717, 1.165) is 23.4 Å². The zero-order chi connectivity index (χ0) is 20.6. The van der Waals surface area contributed by atoms with E-state index < -0.39 is 0 Å². The lowest BCUT2D eigenvalue weighted by molar-refractivity contribution is -0.118. The minimum Gasteiger partial charge on any atom is -0.486 e. The van der Waals surface area contributed by atoms with Crippen molar-refractivity contribution < 1.29 is 14.3 Å². The zero-order valence-corrected chi connectivity index (χ0v) is 16.8. The van der Waals surface area contributed by atoms with Crippen molar-refractivity contribution in [1.82, 2.24) is 9.78 Å². The third kappa shape index (κ3) is 5.08. The summed E-state index contributed by atoms with van der Waals surface area (Å²) >= 11 is 0. The molecule has 0 radical (unpaired) electrons. The number of hydrogen-bond donors (Lipinski definition) is 0. The van der Waals surface area contributed by atoms with E-state index >= 15 is 0 Å². The lowest BCUT2D eigenvalue weighted by Gasteiger charge is -2.24. The second-order valence-corrected chi connectivity index (χ2v) is 7.02. The van der Waals surface area contributed by atoms with Crippen LogP contribution in [-0.2, 0) is 11.3 Å². The monoisotopic (exact) mass is 403 g/mol. The molecule has 0 fully saturated rings. The fourth-order valence-electron chi connectivity index (χ4n) is 3.37. The Morgan fingerprint density at radius 2 is 1.90 bits per heavy atom. The fourth-order valence-corrected chi connectivity index (χ4v) is 3.37. The second kappa shape index (κ2) is 9.78. The highest BCUT2D eigenvalue weighted by atomic mass is 16.6. The average molecular weight is 403 g/mol. The van der Waals surface area contributed by atoms with E-state index in [-0.39, 0.29) is 5.91 Å². The Labute approximate surface area is 176 Å². The molecule has 0 spiro atoms. The Kier molecular flexibility index (Phi) is 6.44. The zero-order valence-electron chi connectivity index (χ0n) is 16.8. The Bertz CT molecular complexity index is 984. The second-order valence-electron chi connectivity index (χ2n) is 7.02. The van der Waals surface area contributed by atoms with Crippen LogP contribution in [0.5, 0.6) is 11.5 Å². The lowest BCUT2D eigenvalue weighted by Crippen LogP contribution is -2.31. The van der Waals surface area contributed by atoms with E-state index in [0.29, 0.717) is 38.5 Å². The summed E-state index contributed by atoms with van der Waals surface area (Å²) in [5.74, 6) is 1.47. The van der Waals surface area contributed by atoms with Crippen molar-refractivity contribution in [1.29, 1.82) is 0 Å². The molecule has 1 aromatic heterocycles. The first-order chi connectivity index (χ1) is 14.8. The first-order valence-electron chi connectivity index (χ1n) is 10.2. The van der Waals surface area contributed by atoms with Gasteiger partial charge in [-0.15, -0.1) is 0 Å². The van der Waals surface area contributed by atoms with Crippen LogP contribution in [0.2, 0.25) is 0 Å². The van der Waals surface area contributed by atoms with Gasteiger partial charge in [0.05, 0.1) is 0 Å². The third-order valence-electron chi connectivity index (χ3n) is 4.87. The Morgan fingerprint density at radius 1 is 1.07 bits per heavy atom. The maximum atomic E-state index is 13.1. The van der Waals surface area contributed by atoms with Crippen molar-refractivity contribution >= 4 is 17.7 Å². The van der Waals surface area contributed by atoms with Crippen molar-refractivity contribution in [3.63, 3.8) is 0 Å². The van der Waals surface area contributed by atoms with Gasteiger partial charge in [-0.2, -0.15) is 5.10 Å². The molecule has 0 atom stereocenters. The Balaban J connectivity index is 1.48. The van der Waals surface area contributed by atoms with E-state index in [1.54, 1.807) is 11.1 Å². The van der Waals surface area contributed by atoms with Crippen LogP contribution in [0.1, 0.15) is 18.4 Å².